The van der Waals surface area contributed by atoms with Crippen molar-refractivity contribution in [2.75, 3.05) is 31.2 Å². The molecule has 8 nitrogen and oxygen atoms in total. The number of rotatable bonds is 9. The number of hydrogen-bond donors (Lipinski definition) is 2. The van der Waals surface area contributed by atoms with Gasteiger partial charge in [-0.25, -0.2) is 0 Å². The van der Waals surface area contributed by atoms with Gasteiger partial charge in [-0.3, -0.25) is 14.8 Å². The third-order valence-corrected chi connectivity index (χ3v) is 6.90. The molecule has 3 heterocycles. The van der Waals surface area contributed by atoms with Gasteiger partial charge in [0.1, 0.15) is 24.7 Å². The Morgan fingerprint density at radius 3 is 2.21 bits per heavy atom. The van der Waals surface area contributed by atoms with E-state index in [4.69, 9.17) is 26.2 Å². The third kappa shape index (κ3) is 10.8. The molecule has 0 radical (unpaired) electrons. The van der Waals surface area contributed by atoms with Crippen LogP contribution < -0.4 is 14.4 Å². The molecule has 2 N–H and O–H groups in total. The quantitative estimate of drug-likeness (QED) is 0.248. The zero-order valence-electron chi connectivity index (χ0n) is 26.0. The van der Waals surface area contributed by atoms with E-state index in [1.807, 2.05) is 51.1 Å². The first-order valence-corrected chi connectivity index (χ1v) is 14.9. The zero-order valence-corrected chi connectivity index (χ0v) is 26.7. The van der Waals surface area contributed by atoms with Gasteiger partial charge in [0.2, 0.25) is 0 Å². The average Bonchev–Trinajstić information content (AvgIpc) is 2.94. The Morgan fingerprint density at radius 2 is 1.64 bits per heavy atom. The van der Waals surface area contributed by atoms with Crippen LogP contribution in [0, 0.1) is 12.3 Å². The molecule has 1 saturated heterocycles. The minimum atomic E-state index is -0.869. The number of halogens is 1. The number of carbonyl (C=O) groups is 1. The number of benzene rings is 1. The predicted molar refractivity (Wildman–Crippen MR) is 170 cm³/mol. The summed E-state index contributed by atoms with van der Waals surface area (Å²) in [5, 5.41) is 18.2. The first-order valence-electron chi connectivity index (χ1n) is 14.6. The van der Waals surface area contributed by atoms with Crippen LogP contribution in [0.1, 0.15) is 65.6 Å². The average molecular weight is 600 g/mol. The summed E-state index contributed by atoms with van der Waals surface area (Å²) in [6, 6.07) is 11.1. The highest BCUT2D eigenvalue weighted by Crippen LogP contribution is 2.39. The van der Waals surface area contributed by atoms with Gasteiger partial charge >= 0.3 is 5.97 Å². The van der Waals surface area contributed by atoms with Crippen molar-refractivity contribution in [1.29, 1.82) is 0 Å². The summed E-state index contributed by atoms with van der Waals surface area (Å²) in [6.07, 6.45) is 5.31. The number of aliphatic hydroxyl groups excluding tert-OH is 1. The number of nitrogens with zero attached hydrogens (tertiary/aromatic N) is 3. The highest BCUT2D eigenvalue weighted by molar-refractivity contribution is 6.32. The molecule has 0 atom stereocenters. The first-order chi connectivity index (χ1) is 20.0. The van der Waals surface area contributed by atoms with Crippen molar-refractivity contribution in [2.45, 2.75) is 73.8 Å². The summed E-state index contributed by atoms with van der Waals surface area (Å²) >= 11 is 6.11. The fraction of sp³-hybridized carbons (Fsp3) is 0.485. The van der Waals surface area contributed by atoms with Crippen molar-refractivity contribution >= 4 is 23.3 Å². The van der Waals surface area contributed by atoms with Gasteiger partial charge in [0, 0.05) is 42.2 Å². The Labute approximate surface area is 255 Å². The van der Waals surface area contributed by atoms with E-state index in [1.54, 1.807) is 32.3 Å². The van der Waals surface area contributed by atoms with Crippen LogP contribution in [0.3, 0.4) is 0 Å². The van der Waals surface area contributed by atoms with Gasteiger partial charge in [0.15, 0.2) is 0 Å². The first kappa shape index (κ1) is 34.8. The van der Waals surface area contributed by atoms with E-state index in [-0.39, 0.29) is 17.9 Å². The standard InChI is InChI=1S/C28H32ClN3O4.C3H8O.C2H6/c1-19-21(16-26(33)34)27(32-12-10-28(2,3)11-13-32)22(18-30-19)24-9-8-20(17-31-24)35-14-15-36-25-7-5-4-6-23(25)29;1-3(2)4;1-2/h4-9,17-18H,10-16H2,1-3H3,(H,33,34);3-4H,1-2H3;1-2H3. The summed E-state index contributed by atoms with van der Waals surface area (Å²) in [5.74, 6) is 0.369. The van der Waals surface area contributed by atoms with E-state index in [1.165, 1.54) is 0 Å². The van der Waals surface area contributed by atoms with Crippen molar-refractivity contribution in [2.24, 2.45) is 5.41 Å². The maximum Gasteiger partial charge on any atom is 0.307 e. The Bertz CT molecular complexity index is 1250. The van der Waals surface area contributed by atoms with E-state index in [9.17, 15) is 9.90 Å². The number of aromatic nitrogens is 2. The van der Waals surface area contributed by atoms with Gasteiger partial charge in [-0.05, 0) is 63.3 Å². The summed E-state index contributed by atoms with van der Waals surface area (Å²) in [6.45, 7) is 16.3. The normalized spacial score (nSPS) is 13.8. The van der Waals surface area contributed by atoms with E-state index >= 15 is 0 Å². The van der Waals surface area contributed by atoms with Crippen molar-refractivity contribution < 1.29 is 24.5 Å². The van der Waals surface area contributed by atoms with E-state index < -0.39 is 5.97 Å². The summed E-state index contributed by atoms with van der Waals surface area (Å²) in [7, 11) is 0. The maximum absolute atomic E-state index is 11.7. The summed E-state index contributed by atoms with van der Waals surface area (Å²) in [5.41, 5.74) is 4.25. The minimum absolute atomic E-state index is 0.0749. The highest BCUT2D eigenvalue weighted by atomic mass is 35.5. The molecule has 42 heavy (non-hydrogen) atoms. The van der Waals surface area contributed by atoms with E-state index in [0.29, 0.717) is 29.7 Å². The lowest BCUT2D eigenvalue weighted by Crippen LogP contribution is -2.38. The molecule has 1 aliphatic heterocycles. The number of ether oxygens (including phenoxy) is 2. The molecule has 9 heteroatoms. The van der Waals surface area contributed by atoms with Gasteiger partial charge in [-0.1, -0.05) is 51.4 Å². The van der Waals surface area contributed by atoms with Crippen LogP contribution in [0.4, 0.5) is 5.69 Å². The number of piperidine rings is 1. The van der Waals surface area contributed by atoms with Crippen LogP contribution in [-0.4, -0.2) is 58.6 Å². The van der Waals surface area contributed by atoms with Crippen LogP contribution in [0.5, 0.6) is 11.5 Å². The number of para-hydroxylation sites is 1. The Balaban J connectivity index is 0.000000947. The molecule has 1 fully saturated rings. The molecule has 0 amide bonds. The lowest BCUT2D eigenvalue weighted by Gasteiger charge is -2.40. The number of carboxylic acids is 1. The number of hydrogen-bond acceptors (Lipinski definition) is 7. The van der Waals surface area contributed by atoms with Gasteiger partial charge in [-0.2, -0.15) is 0 Å². The molecule has 0 bridgehead atoms. The number of anilines is 1. The minimum Gasteiger partial charge on any atom is -0.488 e. The number of aliphatic carboxylic acids is 1. The number of aliphatic hydroxyl groups is 1. The topological polar surface area (TPSA) is 105 Å². The highest BCUT2D eigenvalue weighted by Gasteiger charge is 2.29. The number of aryl methyl sites for hydroxylation is 1. The third-order valence-electron chi connectivity index (χ3n) is 6.58. The van der Waals surface area contributed by atoms with Crippen molar-refractivity contribution in [3.05, 3.63) is 65.1 Å². The van der Waals surface area contributed by atoms with Gasteiger partial charge in [0.25, 0.3) is 0 Å². The Kier molecular flexibility index (Phi) is 14.0. The molecule has 3 aromatic rings. The van der Waals surface area contributed by atoms with E-state index in [0.717, 1.165) is 54.1 Å². The predicted octanol–water partition coefficient (Wildman–Crippen LogP) is 7.23. The molecular formula is C33H46ClN3O5. The molecule has 0 unspecified atom stereocenters. The molecule has 2 aromatic heterocycles. The van der Waals surface area contributed by atoms with Crippen LogP contribution >= 0.6 is 11.6 Å². The molecular weight excluding hydrogens is 554 g/mol. The molecule has 1 aliphatic rings. The second-order valence-electron chi connectivity index (χ2n) is 10.9. The second kappa shape index (κ2) is 16.9. The summed E-state index contributed by atoms with van der Waals surface area (Å²) < 4.78 is 11.5. The van der Waals surface area contributed by atoms with Crippen molar-refractivity contribution in [1.82, 2.24) is 9.97 Å². The molecule has 0 saturated carbocycles. The monoisotopic (exact) mass is 599 g/mol. The SMILES string of the molecule is CC.CC(C)O.Cc1ncc(-c2ccc(OCCOc3ccccc3Cl)cn2)c(N2CCC(C)(C)CC2)c1CC(=O)O. The Morgan fingerprint density at radius 1 is 1.02 bits per heavy atom. The largest absolute Gasteiger partial charge is 0.488 e. The smallest absolute Gasteiger partial charge is 0.307 e. The molecule has 230 valence electrons. The summed E-state index contributed by atoms with van der Waals surface area (Å²) in [4.78, 5) is 23.1. The van der Waals surface area contributed by atoms with Gasteiger partial charge in [-0.15, -0.1) is 0 Å². The van der Waals surface area contributed by atoms with Crippen LogP contribution in [-0.2, 0) is 11.2 Å². The van der Waals surface area contributed by atoms with Crippen molar-refractivity contribution in [3.8, 4) is 22.8 Å². The lowest BCUT2D eigenvalue weighted by molar-refractivity contribution is -0.136. The van der Waals surface area contributed by atoms with Gasteiger partial charge < -0.3 is 24.6 Å². The second-order valence-corrected chi connectivity index (χ2v) is 11.3. The fourth-order valence-electron chi connectivity index (χ4n) is 4.38. The van der Waals surface area contributed by atoms with Crippen LogP contribution in [0.2, 0.25) is 5.02 Å². The van der Waals surface area contributed by atoms with E-state index in [2.05, 4.69) is 28.7 Å². The molecule has 0 spiro atoms. The fourth-order valence-corrected chi connectivity index (χ4v) is 4.57. The van der Waals surface area contributed by atoms with Crippen LogP contribution in [0.25, 0.3) is 11.3 Å². The lowest BCUT2D eigenvalue weighted by atomic mass is 9.82. The van der Waals surface area contributed by atoms with Crippen LogP contribution in [0.15, 0.2) is 48.8 Å². The zero-order chi connectivity index (χ0) is 31.3. The molecule has 4 rings (SSSR count). The Hall–Kier alpha value is -3.36. The van der Waals surface area contributed by atoms with Gasteiger partial charge in [0.05, 0.1) is 29.0 Å². The maximum atomic E-state index is 11.7. The number of carboxylic acid groups (broad SMARTS) is 1. The molecule has 1 aromatic carbocycles. The van der Waals surface area contributed by atoms with Crippen molar-refractivity contribution in [3.63, 3.8) is 0 Å². The number of pyridine rings is 2. The molecule has 0 aliphatic carbocycles.